The summed E-state index contributed by atoms with van der Waals surface area (Å²) in [5.74, 6) is -1.02. The van der Waals surface area contributed by atoms with E-state index in [1.807, 2.05) is 13.8 Å². The van der Waals surface area contributed by atoms with Crippen LogP contribution in [0, 0.1) is 11.8 Å². The van der Waals surface area contributed by atoms with Crippen LogP contribution in [-0.4, -0.2) is 71.2 Å². The minimum atomic E-state index is -1.28. The van der Waals surface area contributed by atoms with Crippen LogP contribution in [0.15, 0.2) is 0 Å². The maximum absolute atomic E-state index is 13.4. The minimum absolute atomic E-state index is 0.106. The summed E-state index contributed by atoms with van der Waals surface area (Å²) in [6.45, 7) is 16.1. The minimum Gasteiger partial charge on any atom is -0.457 e. The molecule has 1 saturated carbocycles. The van der Waals surface area contributed by atoms with Crippen molar-refractivity contribution in [1.29, 1.82) is 0 Å². The summed E-state index contributed by atoms with van der Waals surface area (Å²) in [6.07, 6.45) is -1.70. The fourth-order valence-corrected chi connectivity index (χ4v) is 3.83. The van der Waals surface area contributed by atoms with E-state index in [0.29, 0.717) is 24.3 Å². The second kappa shape index (κ2) is 12.5. The molecule has 1 aliphatic heterocycles. The van der Waals surface area contributed by atoms with Gasteiger partial charge in [-0.15, -0.1) is 0 Å². The van der Waals surface area contributed by atoms with Crippen LogP contribution < -0.4 is 0 Å². The lowest BCUT2D eigenvalue weighted by Gasteiger charge is -2.33. The highest BCUT2D eigenvalue weighted by Gasteiger charge is 2.45. The second-order valence-corrected chi connectivity index (χ2v) is 12.4. The van der Waals surface area contributed by atoms with Gasteiger partial charge in [0.05, 0.1) is 12.0 Å². The molecule has 0 aromatic rings. The van der Waals surface area contributed by atoms with Crippen molar-refractivity contribution in [2.45, 2.75) is 130 Å². The largest absolute Gasteiger partial charge is 0.457 e. The van der Waals surface area contributed by atoms with Gasteiger partial charge in [0, 0.05) is 6.61 Å². The van der Waals surface area contributed by atoms with E-state index in [-0.39, 0.29) is 24.2 Å². The van der Waals surface area contributed by atoms with Gasteiger partial charge in [-0.2, -0.15) is 4.90 Å². The molecule has 2 fully saturated rings. The molecule has 0 aromatic carbocycles. The van der Waals surface area contributed by atoms with Crippen molar-refractivity contribution in [2.24, 2.45) is 11.8 Å². The Kier molecular flexibility index (Phi) is 10.4. The van der Waals surface area contributed by atoms with Crippen LogP contribution in [0.4, 0.5) is 9.59 Å². The zero-order valence-electron chi connectivity index (χ0n) is 23.8. The molecule has 0 N–H and O–H groups in total. The molecule has 0 radical (unpaired) electrons. The number of imide groups is 1. The molecular weight excluding hydrogens is 482 g/mol. The number of hydrogen-bond acceptors (Lipinski definition) is 9. The van der Waals surface area contributed by atoms with Gasteiger partial charge >= 0.3 is 24.1 Å². The number of cyclic esters (lactones) is 1. The van der Waals surface area contributed by atoms with Crippen LogP contribution in [0.25, 0.3) is 0 Å². The third-order valence-corrected chi connectivity index (χ3v) is 5.67. The van der Waals surface area contributed by atoms with Gasteiger partial charge in [-0.3, -0.25) is 4.79 Å². The number of hydrogen-bond donors (Lipinski definition) is 0. The van der Waals surface area contributed by atoms with E-state index in [2.05, 4.69) is 0 Å². The third kappa shape index (κ3) is 10.1. The number of carbonyl (C=O) groups is 4. The summed E-state index contributed by atoms with van der Waals surface area (Å²) in [6, 6.07) is -1.28. The highest BCUT2D eigenvalue weighted by molar-refractivity contribution is 5.94. The van der Waals surface area contributed by atoms with Gasteiger partial charge in [0.2, 0.25) is 0 Å². The summed E-state index contributed by atoms with van der Waals surface area (Å²) in [7, 11) is 0. The summed E-state index contributed by atoms with van der Waals surface area (Å²) in [4.78, 5) is 52.9. The van der Waals surface area contributed by atoms with Gasteiger partial charge in [-0.1, -0.05) is 13.8 Å². The van der Waals surface area contributed by atoms with Gasteiger partial charge < -0.3 is 23.7 Å². The monoisotopic (exact) mass is 527 g/mol. The highest BCUT2D eigenvalue weighted by atomic mass is 16.6. The van der Waals surface area contributed by atoms with Crippen molar-refractivity contribution in [3.05, 3.63) is 0 Å². The zero-order valence-corrected chi connectivity index (χ0v) is 23.8. The van der Waals surface area contributed by atoms with E-state index >= 15 is 0 Å². The van der Waals surface area contributed by atoms with Gasteiger partial charge in [0.1, 0.15) is 23.3 Å². The molecule has 212 valence electrons. The normalized spacial score (nSPS) is 25.3. The summed E-state index contributed by atoms with van der Waals surface area (Å²) in [5.41, 5.74) is -1.82. The van der Waals surface area contributed by atoms with E-state index in [0.717, 1.165) is 12.8 Å². The quantitative estimate of drug-likeness (QED) is 0.347. The van der Waals surface area contributed by atoms with Crippen molar-refractivity contribution < 1.29 is 42.9 Å². The van der Waals surface area contributed by atoms with E-state index in [1.54, 1.807) is 48.5 Å². The van der Waals surface area contributed by atoms with Crippen molar-refractivity contribution in [3.8, 4) is 0 Å². The Hall–Kier alpha value is -2.36. The first kappa shape index (κ1) is 30.9. The molecule has 37 heavy (non-hydrogen) atoms. The maximum Gasteiger partial charge on any atom is 0.420 e. The van der Waals surface area contributed by atoms with Gasteiger partial charge in [0.15, 0.2) is 6.10 Å². The predicted molar refractivity (Wildman–Crippen MR) is 135 cm³/mol. The SMILES string of the molecule is CC(C)COC1CCCC(N(C(=O)OC(C)(C)C)C(=O)OC(C)(C)C)C(=O)OC(C)C1OC(=O)C1CC1. The van der Waals surface area contributed by atoms with Gasteiger partial charge in [-0.25, -0.2) is 14.4 Å². The Bertz CT molecular complexity index is 795. The first-order valence-corrected chi connectivity index (χ1v) is 13.3. The molecule has 1 saturated heterocycles. The number of rotatable bonds is 6. The fraction of sp³-hybridized carbons (Fsp3) is 0.852. The van der Waals surface area contributed by atoms with Gasteiger partial charge in [0.25, 0.3) is 0 Å². The highest BCUT2D eigenvalue weighted by Crippen LogP contribution is 2.33. The number of ether oxygens (including phenoxy) is 5. The Balaban J connectivity index is 2.35. The maximum atomic E-state index is 13.4. The Morgan fingerprint density at radius 1 is 0.946 bits per heavy atom. The lowest BCUT2D eigenvalue weighted by Crippen LogP contribution is -2.53. The Labute approximate surface area is 220 Å². The fourth-order valence-electron chi connectivity index (χ4n) is 3.83. The first-order chi connectivity index (χ1) is 17.0. The number of carbonyl (C=O) groups excluding carboxylic acids is 4. The first-order valence-electron chi connectivity index (χ1n) is 13.3. The molecule has 4 unspecified atom stereocenters. The number of nitrogens with zero attached hydrogens (tertiary/aromatic N) is 1. The molecule has 0 aromatic heterocycles. The van der Waals surface area contributed by atoms with Gasteiger partial charge in [-0.05, 0) is 86.5 Å². The van der Waals surface area contributed by atoms with Crippen LogP contribution in [0.1, 0.15) is 94.4 Å². The Morgan fingerprint density at radius 2 is 1.49 bits per heavy atom. The molecule has 4 atom stereocenters. The molecular formula is C27H45NO9. The van der Waals surface area contributed by atoms with Crippen molar-refractivity contribution in [2.75, 3.05) is 6.61 Å². The molecule has 2 aliphatic rings. The van der Waals surface area contributed by atoms with Crippen LogP contribution >= 0.6 is 0 Å². The molecule has 1 aliphatic carbocycles. The van der Waals surface area contributed by atoms with E-state index < -0.39 is 53.7 Å². The summed E-state index contributed by atoms with van der Waals surface area (Å²) >= 11 is 0. The summed E-state index contributed by atoms with van der Waals surface area (Å²) < 4.78 is 28.5. The third-order valence-electron chi connectivity index (χ3n) is 5.67. The smallest absolute Gasteiger partial charge is 0.420 e. The van der Waals surface area contributed by atoms with E-state index in [4.69, 9.17) is 23.7 Å². The van der Waals surface area contributed by atoms with Crippen molar-refractivity contribution in [3.63, 3.8) is 0 Å². The van der Waals surface area contributed by atoms with Crippen molar-refractivity contribution >= 4 is 24.1 Å². The average Bonchev–Trinajstić information content (AvgIpc) is 3.55. The molecule has 2 amide bonds. The number of amides is 2. The zero-order chi connectivity index (χ0) is 28.1. The Morgan fingerprint density at radius 3 is 1.95 bits per heavy atom. The van der Waals surface area contributed by atoms with Crippen LogP contribution in [0.5, 0.6) is 0 Å². The molecule has 0 bridgehead atoms. The number of esters is 2. The lowest BCUT2D eigenvalue weighted by atomic mass is 10.0. The molecule has 1 heterocycles. The summed E-state index contributed by atoms with van der Waals surface area (Å²) in [5, 5.41) is 0. The van der Waals surface area contributed by atoms with E-state index in [9.17, 15) is 19.2 Å². The standard InChI is InChI=1S/C27H45NO9/c1-16(2)15-33-20-12-10-11-19(23(30)34-17(3)21(20)35-22(29)18-13-14-18)28(24(31)36-26(4,5)6)25(32)37-27(7,8)9/h16-21H,10-15H2,1-9H3. The van der Waals surface area contributed by atoms with Crippen LogP contribution in [0.3, 0.4) is 0 Å². The van der Waals surface area contributed by atoms with Crippen LogP contribution in [0.2, 0.25) is 0 Å². The molecule has 10 heteroatoms. The van der Waals surface area contributed by atoms with E-state index in [1.165, 1.54) is 0 Å². The molecule has 2 rings (SSSR count). The van der Waals surface area contributed by atoms with Crippen molar-refractivity contribution in [1.82, 2.24) is 4.90 Å². The molecule has 10 nitrogen and oxygen atoms in total. The molecule has 0 spiro atoms. The lowest BCUT2D eigenvalue weighted by molar-refractivity contribution is -0.182. The topological polar surface area (TPSA) is 118 Å². The second-order valence-electron chi connectivity index (χ2n) is 12.4. The predicted octanol–water partition coefficient (Wildman–Crippen LogP) is 5.01. The van der Waals surface area contributed by atoms with Crippen LogP contribution in [-0.2, 0) is 33.3 Å². The average molecular weight is 528 g/mol.